The number of nitrogens with one attached hydrogen (secondary N) is 2. The van der Waals surface area contributed by atoms with E-state index in [0.29, 0.717) is 31.1 Å². The average Bonchev–Trinajstić information content (AvgIpc) is 3.15. The van der Waals surface area contributed by atoms with E-state index in [4.69, 9.17) is 9.47 Å². The van der Waals surface area contributed by atoms with Crippen LogP contribution in [0.2, 0.25) is 0 Å². The smallest absolute Gasteiger partial charge is 0.260 e. The lowest BCUT2D eigenvalue weighted by Crippen LogP contribution is -2.43. The van der Waals surface area contributed by atoms with Gasteiger partial charge in [-0.25, -0.2) is 0 Å². The summed E-state index contributed by atoms with van der Waals surface area (Å²) in [5.74, 6) is 0.507. The van der Waals surface area contributed by atoms with Crippen LogP contribution in [0.3, 0.4) is 0 Å². The summed E-state index contributed by atoms with van der Waals surface area (Å²) in [5, 5.41) is 6.12. The summed E-state index contributed by atoms with van der Waals surface area (Å²) in [6.07, 6.45) is 2.49. The van der Waals surface area contributed by atoms with Gasteiger partial charge < -0.3 is 25.0 Å². The summed E-state index contributed by atoms with van der Waals surface area (Å²) in [6.45, 7) is 3.67. The Bertz CT molecular complexity index is 596. The summed E-state index contributed by atoms with van der Waals surface area (Å²) in [5.41, 5.74) is 0.660. The quantitative estimate of drug-likeness (QED) is 0.803. The third-order valence-electron chi connectivity index (χ3n) is 4.37. The summed E-state index contributed by atoms with van der Waals surface area (Å²) in [4.78, 5) is 26.0. The molecule has 0 spiro atoms. The first-order valence-electron chi connectivity index (χ1n) is 8.82. The van der Waals surface area contributed by atoms with Crippen molar-refractivity contribution in [3.63, 3.8) is 0 Å². The molecule has 0 bridgehead atoms. The van der Waals surface area contributed by atoms with E-state index in [1.807, 2.05) is 4.90 Å². The third kappa shape index (κ3) is 5.44. The monoisotopic (exact) mass is 347 g/mol. The summed E-state index contributed by atoms with van der Waals surface area (Å²) in [7, 11) is 0. The minimum Gasteiger partial charge on any atom is -0.484 e. The van der Waals surface area contributed by atoms with Gasteiger partial charge in [0.1, 0.15) is 5.75 Å². The second kappa shape index (κ2) is 8.82. The van der Waals surface area contributed by atoms with Crippen molar-refractivity contribution in [3.8, 4) is 5.75 Å². The van der Waals surface area contributed by atoms with Gasteiger partial charge in [0.05, 0.1) is 13.2 Å². The maximum atomic E-state index is 12.1. The Morgan fingerprint density at radius 3 is 2.92 bits per heavy atom. The average molecular weight is 347 g/mol. The van der Waals surface area contributed by atoms with Crippen LogP contribution in [0.25, 0.3) is 0 Å². The second-order valence-electron chi connectivity index (χ2n) is 6.38. The first kappa shape index (κ1) is 17.7. The van der Waals surface area contributed by atoms with Gasteiger partial charge in [-0.15, -0.1) is 0 Å². The van der Waals surface area contributed by atoms with Crippen LogP contribution >= 0.6 is 0 Å². The van der Waals surface area contributed by atoms with Crippen molar-refractivity contribution >= 4 is 17.5 Å². The fourth-order valence-electron chi connectivity index (χ4n) is 3.05. The molecule has 2 aliphatic rings. The predicted octanol–water partition coefficient (Wildman–Crippen LogP) is 1.00. The number of amides is 2. The molecule has 25 heavy (non-hydrogen) atoms. The predicted molar refractivity (Wildman–Crippen MR) is 93.6 cm³/mol. The lowest BCUT2D eigenvalue weighted by molar-refractivity contribution is -0.132. The largest absolute Gasteiger partial charge is 0.484 e. The van der Waals surface area contributed by atoms with Crippen molar-refractivity contribution in [1.29, 1.82) is 0 Å². The van der Waals surface area contributed by atoms with Crippen LogP contribution in [-0.4, -0.2) is 62.2 Å². The lowest BCUT2D eigenvalue weighted by Gasteiger charge is -2.23. The van der Waals surface area contributed by atoms with Crippen molar-refractivity contribution in [2.75, 3.05) is 44.8 Å². The van der Waals surface area contributed by atoms with E-state index >= 15 is 0 Å². The maximum absolute atomic E-state index is 12.1. The molecule has 2 fully saturated rings. The number of rotatable bonds is 6. The fourth-order valence-corrected chi connectivity index (χ4v) is 3.05. The van der Waals surface area contributed by atoms with Crippen LogP contribution < -0.4 is 15.4 Å². The standard InChI is InChI=1S/C18H25N3O4/c22-17(11-15-12-24-9-6-19-15)20-14-4-3-5-16(10-14)25-13-18(23)21-7-1-2-8-21/h3-5,10,15,19H,1-2,6-9,11-13H2,(H,20,22). The SMILES string of the molecule is O=C(CC1COCCN1)Nc1cccc(OCC(=O)N2CCCC2)c1. The molecule has 2 heterocycles. The molecule has 136 valence electrons. The molecule has 1 unspecified atom stereocenters. The van der Waals surface area contributed by atoms with Crippen LogP contribution in [0.15, 0.2) is 24.3 Å². The highest BCUT2D eigenvalue weighted by molar-refractivity contribution is 5.91. The van der Waals surface area contributed by atoms with Gasteiger partial charge in [0.2, 0.25) is 5.91 Å². The first-order chi connectivity index (χ1) is 12.2. The molecule has 7 nitrogen and oxygen atoms in total. The molecule has 0 radical (unpaired) electrons. The lowest BCUT2D eigenvalue weighted by atomic mass is 10.2. The Balaban J connectivity index is 1.47. The number of likely N-dealkylation sites (tertiary alicyclic amines) is 1. The summed E-state index contributed by atoms with van der Waals surface area (Å²) >= 11 is 0. The van der Waals surface area contributed by atoms with E-state index in [1.165, 1.54) is 0 Å². The maximum Gasteiger partial charge on any atom is 0.260 e. The summed E-state index contributed by atoms with van der Waals surface area (Å²) < 4.78 is 10.9. The van der Waals surface area contributed by atoms with Crippen molar-refractivity contribution < 1.29 is 19.1 Å². The van der Waals surface area contributed by atoms with Gasteiger partial charge in [-0.2, -0.15) is 0 Å². The van der Waals surface area contributed by atoms with E-state index in [0.717, 1.165) is 32.5 Å². The minimum atomic E-state index is -0.0757. The highest BCUT2D eigenvalue weighted by Crippen LogP contribution is 2.18. The Morgan fingerprint density at radius 1 is 1.32 bits per heavy atom. The number of carbonyl (C=O) groups is 2. The van der Waals surface area contributed by atoms with Gasteiger partial charge in [0.15, 0.2) is 6.61 Å². The van der Waals surface area contributed by atoms with Gasteiger partial charge in [-0.3, -0.25) is 9.59 Å². The molecule has 2 aliphatic heterocycles. The van der Waals surface area contributed by atoms with E-state index < -0.39 is 0 Å². The van der Waals surface area contributed by atoms with Crippen molar-refractivity contribution in [2.45, 2.75) is 25.3 Å². The van der Waals surface area contributed by atoms with Crippen LogP contribution in [0.4, 0.5) is 5.69 Å². The number of morpholine rings is 1. The van der Waals surface area contributed by atoms with Crippen LogP contribution in [0, 0.1) is 0 Å². The van der Waals surface area contributed by atoms with Gasteiger partial charge in [0.25, 0.3) is 5.91 Å². The fraction of sp³-hybridized carbons (Fsp3) is 0.556. The zero-order valence-corrected chi connectivity index (χ0v) is 14.3. The number of ether oxygens (including phenoxy) is 2. The molecule has 2 N–H and O–H groups in total. The molecular weight excluding hydrogens is 322 g/mol. The highest BCUT2D eigenvalue weighted by Gasteiger charge is 2.19. The molecule has 1 aromatic carbocycles. The molecule has 3 rings (SSSR count). The third-order valence-corrected chi connectivity index (χ3v) is 4.37. The number of hydrogen-bond acceptors (Lipinski definition) is 5. The van der Waals surface area contributed by atoms with E-state index in [9.17, 15) is 9.59 Å². The minimum absolute atomic E-state index is 0.00955. The molecule has 1 aromatic rings. The number of hydrogen-bond donors (Lipinski definition) is 2. The van der Waals surface area contributed by atoms with E-state index in [2.05, 4.69) is 10.6 Å². The molecule has 0 saturated carbocycles. The van der Waals surface area contributed by atoms with Crippen molar-refractivity contribution in [2.24, 2.45) is 0 Å². The molecule has 7 heteroatoms. The molecule has 0 aliphatic carbocycles. The Hall–Kier alpha value is -2.12. The summed E-state index contributed by atoms with van der Waals surface area (Å²) in [6, 6.07) is 7.17. The number of benzene rings is 1. The Kier molecular flexibility index (Phi) is 6.25. The van der Waals surface area contributed by atoms with Crippen LogP contribution in [-0.2, 0) is 14.3 Å². The topological polar surface area (TPSA) is 79.9 Å². The van der Waals surface area contributed by atoms with Crippen LogP contribution in [0.1, 0.15) is 19.3 Å². The van der Waals surface area contributed by atoms with Gasteiger partial charge in [0, 0.05) is 43.9 Å². The van der Waals surface area contributed by atoms with E-state index in [1.54, 1.807) is 24.3 Å². The number of nitrogens with zero attached hydrogens (tertiary/aromatic N) is 1. The van der Waals surface area contributed by atoms with Crippen molar-refractivity contribution in [3.05, 3.63) is 24.3 Å². The molecule has 1 atom stereocenters. The Morgan fingerprint density at radius 2 is 2.16 bits per heavy atom. The van der Waals surface area contributed by atoms with Crippen molar-refractivity contribution in [1.82, 2.24) is 10.2 Å². The number of carbonyl (C=O) groups excluding carboxylic acids is 2. The zero-order valence-electron chi connectivity index (χ0n) is 14.3. The van der Waals surface area contributed by atoms with Gasteiger partial charge >= 0.3 is 0 Å². The zero-order chi connectivity index (χ0) is 17.5. The van der Waals surface area contributed by atoms with Gasteiger partial charge in [-0.1, -0.05) is 6.07 Å². The first-order valence-corrected chi connectivity index (χ1v) is 8.82. The highest BCUT2D eigenvalue weighted by atomic mass is 16.5. The Labute approximate surface area is 147 Å². The van der Waals surface area contributed by atoms with Gasteiger partial charge in [-0.05, 0) is 25.0 Å². The molecule has 2 amide bonds. The van der Waals surface area contributed by atoms with Crippen LogP contribution in [0.5, 0.6) is 5.75 Å². The second-order valence-corrected chi connectivity index (χ2v) is 6.38. The molecular formula is C18H25N3O4. The number of anilines is 1. The molecule has 0 aromatic heterocycles. The normalized spacial score (nSPS) is 20.3. The molecule has 2 saturated heterocycles. The van der Waals surface area contributed by atoms with E-state index in [-0.39, 0.29) is 24.5 Å².